The van der Waals surface area contributed by atoms with Crippen molar-refractivity contribution < 1.29 is 9.32 Å². The molecule has 2 heterocycles. The summed E-state index contributed by atoms with van der Waals surface area (Å²) in [5.74, 6) is 1.08. The molecule has 0 spiro atoms. The number of hydrogen-bond donors (Lipinski definition) is 2. The molecule has 1 aromatic heterocycles. The molecule has 0 unspecified atom stereocenters. The molecule has 2 aromatic rings. The number of aryl methyl sites for hydroxylation is 2. The van der Waals surface area contributed by atoms with Crippen molar-refractivity contribution in [1.29, 1.82) is 0 Å². The normalized spacial score (nSPS) is 13.4. The van der Waals surface area contributed by atoms with E-state index < -0.39 is 0 Å². The molecular weight excluding hydrogens is 268 g/mol. The summed E-state index contributed by atoms with van der Waals surface area (Å²) in [5.41, 5.74) is 3.04. The lowest BCUT2D eigenvalue weighted by Gasteiger charge is -2.18. The third kappa shape index (κ3) is 3.21. The highest BCUT2D eigenvalue weighted by Gasteiger charge is 2.12. The van der Waals surface area contributed by atoms with Gasteiger partial charge >= 0.3 is 0 Å². The third-order valence-corrected chi connectivity index (χ3v) is 3.50. The van der Waals surface area contributed by atoms with Crippen LogP contribution in [0.5, 0.6) is 0 Å². The van der Waals surface area contributed by atoms with Gasteiger partial charge in [-0.05, 0) is 43.5 Å². The molecule has 6 nitrogen and oxygen atoms in total. The minimum absolute atomic E-state index is 0.0698. The van der Waals surface area contributed by atoms with Gasteiger partial charge in [0.25, 0.3) is 5.91 Å². The van der Waals surface area contributed by atoms with Crippen LogP contribution in [0.2, 0.25) is 0 Å². The summed E-state index contributed by atoms with van der Waals surface area (Å²) < 4.78 is 5.01. The Balaban J connectivity index is 1.57. The molecule has 0 fully saturated rings. The van der Waals surface area contributed by atoms with E-state index in [1.807, 2.05) is 18.2 Å². The van der Waals surface area contributed by atoms with Crippen LogP contribution in [0.3, 0.4) is 0 Å². The number of fused-ring (bicyclic) bond motifs is 1. The van der Waals surface area contributed by atoms with Crippen molar-refractivity contribution in [1.82, 2.24) is 15.5 Å². The highest BCUT2D eigenvalue weighted by Crippen LogP contribution is 2.22. The maximum Gasteiger partial charge on any atom is 0.251 e. The number of benzene rings is 1. The van der Waals surface area contributed by atoms with Crippen LogP contribution in [-0.4, -0.2) is 29.1 Å². The molecule has 0 bridgehead atoms. The Hall–Kier alpha value is -2.37. The Labute approximate surface area is 122 Å². The minimum Gasteiger partial charge on any atom is -0.385 e. The summed E-state index contributed by atoms with van der Waals surface area (Å²) in [6, 6.07) is 5.79. The molecule has 1 aromatic carbocycles. The molecule has 0 saturated carbocycles. The maximum atomic E-state index is 12.1. The predicted octanol–water partition coefficient (Wildman–Crippen LogP) is 1.71. The lowest BCUT2D eigenvalue weighted by atomic mass is 10.0. The van der Waals surface area contributed by atoms with Gasteiger partial charge in [0.05, 0.1) is 0 Å². The van der Waals surface area contributed by atoms with E-state index in [1.165, 1.54) is 5.56 Å². The Morgan fingerprint density at radius 3 is 3.19 bits per heavy atom. The van der Waals surface area contributed by atoms with Gasteiger partial charge in [-0.1, -0.05) is 5.16 Å². The first-order chi connectivity index (χ1) is 10.2. The number of nitrogens with one attached hydrogen (secondary N) is 2. The molecule has 3 rings (SSSR count). The average Bonchev–Trinajstić information content (AvgIpc) is 2.92. The summed E-state index contributed by atoms with van der Waals surface area (Å²) in [6.07, 6.45) is 2.67. The Morgan fingerprint density at radius 2 is 2.38 bits per heavy atom. The van der Waals surface area contributed by atoms with Crippen molar-refractivity contribution in [3.8, 4) is 0 Å². The lowest BCUT2D eigenvalue weighted by molar-refractivity contribution is 0.0953. The Morgan fingerprint density at radius 1 is 1.48 bits per heavy atom. The van der Waals surface area contributed by atoms with Crippen LogP contribution in [0.4, 0.5) is 5.69 Å². The van der Waals surface area contributed by atoms with Gasteiger partial charge in [-0.3, -0.25) is 4.79 Å². The fourth-order valence-electron chi connectivity index (χ4n) is 2.44. The highest BCUT2D eigenvalue weighted by molar-refractivity contribution is 5.94. The second-order valence-corrected chi connectivity index (χ2v) is 5.14. The molecule has 0 aliphatic carbocycles. The number of aromatic nitrogens is 2. The molecule has 6 heteroatoms. The van der Waals surface area contributed by atoms with Gasteiger partial charge in [0.1, 0.15) is 0 Å². The zero-order valence-corrected chi connectivity index (χ0v) is 12.0. The monoisotopic (exact) mass is 286 g/mol. The summed E-state index contributed by atoms with van der Waals surface area (Å²) in [7, 11) is 0. The number of anilines is 1. The summed E-state index contributed by atoms with van der Waals surface area (Å²) in [5, 5.41) is 9.93. The number of hydrogen-bond acceptors (Lipinski definition) is 5. The quantitative estimate of drug-likeness (QED) is 0.894. The SMILES string of the molecule is Cc1noc(CCNC(=O)c2ccc3c(c2)CCCN3)n1. The van der Waals surface area contributed by atoms with Crippen LogP contribution >= 0.6 is 0 Å². The molecule has 0 radical (unpaired) electrons. The fourth-order valence-corrected chi connectivity index (χ4v) is 2.44. The number of rotatable bonds is 4. The van der Waals surface area contributed by atoms with Gasteiger partial charge in [0.15, 0.2) is 5.82 Å². The van der Waals surface area contributed by atoms with Crippen LogP contribution in [0.1, 0.15) is 34.1 Å². The summed E-state index contributed by atoms with van der Waals surface area (Å²) in [4.78, 5) is 16.2. The molecule has 0 atom stereocenters. The highest BCUT2D eigenvalue weighted by atomic mass is 16.5. The van der Waals surface area contributed by atoms with Gasteiger partial charge in [0, 0.05) is 30.8 Å². The van der Waals surface area contributed by atoms with Gasteiger partial charge in [-0.2, -0.15) is 4.98 Å². The Kier molecular flexibility index (Phi) is 3.85. The molecule has 1 amide bonds. The molecule has 21 heavy (non-hydrogen) atoms. The van der Waals surface area contributed by atoms with Crippen molar-refractivity contribution in [3.63, 3.8) is 0 Å². The topological polar surface area (TPSA) is 80.0 Å². The summed E-state index contributed by atoms with van der Waals surface area (Å²) >= 11 is 0. The van der Waals surface area contributed by atoms with Crippen molar-refractivity contribution in [3.05, 3.63) is 41.0 Å². The zero-order valence-electron chi connectivity index (χ0n) is 12.0. The van der Waals surface area contributed by atoms with Gasteiger partial charge in [-0.15, -0.1) is 0 Å². The van der Waals surface area contributed by atoms with E-state index in [0.29, 0.717) is 30.2 Å². The van der Waals surface area contributed by atoms with E-state index in [9.17, 15) is 4.79 Å². The molecular formula is C15H18N4O2. The number of amides is 1. The van der Waals surface area contributed by atoms with E-state index in [2.05, 4.69) is 20.8 Å². The van der Waals surface area contributed by atoms with Crippen LogP contribution in [0, 0.1) is 6.92 Å². The van der Waals surface area contributed by atoms with Crippen molar-refractivity contribution in [2.24, 2.45) is 0 Å². The fraction of sp³-hybridized carbons (Fsp3) is 0.400. The van der Waals surface area contributed by atoms with Crippen molar-refractivity contribution >= 4 is 11.6 Å². The first kappa shape index (κ1) is 13.6. The van der Waals surface area contributed by atoms with E-state index in [4.69, 9.17) is 4.52 Å². The van der Waals surface area contributed by atoms with E-state index in [1.54, 1.807) is 6.92 Å². The molecule has 0 saturated heterocycles. The lowest BCUT2D eigenvalue weighted by Crippen LogP contribution is -2.26. The van der Waals surface area contributed by atoms with Crippen molar-refractivity contribution in [2.45, 2.75) is 26.2 Å². The predicted molar refractivity (Wildman–Crippen MR) is 78.3 cm³/mol. The molecule has 1 aliphatic rings. The second-order valence-electron chi connectivity index (χ2n) is 5.14. The first-order valence-corrected chi connectivity index (χ1v) is 7.16. The molecule has 2 N–H and O–H groups in total. The van der Waals surface area contributed by atoms with Crippen molar-refractivity contribution in [2.75, 3.05) is 18.4 Å². The van der Waals surface area contributed by atoms with Gasteiger partial charge < -0.3 is 15.2 Å². The minimum atomic E-state index is -0.0698. The maximum absolute atomic E-state index is 12.1. The number of carbonyl (C=O) groups excluding carboxylic acids is 1. The number of nitrogens with zero attached hydrogens (tertiary/aromatic N) is 2. The van der Waals surface area contributed by atoms with E-state index >= 15 is 0 Å². The second kappa shape index (κ2) is 5.95. The Bertz CT molecular complexity index is 651. The number of carbonyl (C=O) groups is 1. The average molecular weight is 286 g/mol. The third-order valence-electron chi connectivity index (χ3n) is 3.50. The summed E-state index contributed by atoms with van der Waals surface area (Å²) in [6.45, 7) is 3.25. The van der Waals surface area contributed by atoms with Crippen LogP contribution < -0.4 is 10.6 Å². The molecule has 110 valence electrons. The van der Waals surface area contributed by atoms with Crippen LogP contribution in [0.25, 0.3) is 0 Å². The first-order valence-electron chi connectivity index (χ1n) is 7.16. The van der Waals surface area contributed by atoms with E-state index in [-0.39, 0.29) is 5.91 Å². The standard InChI is InChI=1S/C15H18N4O2/c1-10-18-14(21-19-10)6-8-17-15(20)12-4-5-13-11(9-12)3-2-7-16-13/h4-5,9,16H,2-3,6-8H2,1H3,(H,17,20). The molecule has 1 aliphatic heterocycles. The van der Waals surface area contributed by atoms with Crippen LogP contribution in [-0.2, 0) is 12.8 Å². The zero-order chi connectivity index (χ0) is 14.7. The van der Waals surface area contributed by atoms with Gasteiger partial charge in [-0.25, -0.2) is 0 Å². The smallest absolute Gasteiger partial charge is 0.251 e. The largest absolute Gasteiger partial charge is 0.385 e. The van der Waals surface area contributed by atoms with Crippen LogP contribution in [0.15, 0.2) is 22.7 Å². The van der Waals surface area contributed by atoms with Gasteiger partial charge in [0.2, 0.25) is 5.89 Å². The van der Waals surface area contributed by atoms with E-state index in [0.717, 1.165) is 25.1 Å².